The van der Waals surface area contributed by atoms with Gasteiger partial charge in [-0.05, 0) is 34.6 Å². The number of fused-ring (bicyclic) bond motifs is 1. The number of hydrogen-bond acceptors (Lipinski definition) is 11. The average Bonchev–Trinajstić information content (AvgIpc) is 3.28. The van der Waals surface area contributed by atoms with Gasteiger partial charge in [0.05, 0.1) is 12.7 Å². The number of nitrogen functional groups attached to an aromatic ring is 1. The van der Waals surface area contributed by atoms with Crippen molar-refractivity contribution >= 4 is 22.8 Å². The Labute approximate surface area is 143 Å². The molecule has 130 valence electrons. The normalized spacial score (nSPS) is 11.0. The summed E-state index contributed by atoms with van der Waals surface area (Å²) in [6.45, 7) is 0. The Morgan fingerprint density at radius 2 is 2.04 bits per heavy atom. The molecule has 0 spiro atoms. The zero-order valence-electron chi connectivity index (χ0n) is 13.1. The van der Waals surface area contributed by atoms with Crippen molar-refractivity contribution in [2.45, 2.75) is 0 Å². The first-order chi connectivity index (χ1) is 12.6. The minimum Gasteiger partial charge on any atom is -0.465 e. The van der Waals surface area contributed by atoms with Crippen LogP contribution < -0.4 is 11.4 Å². The lowest BCUT2D eigenvalue weighted by atomic mass is 10.1. The second-order valence-electron chi connectivity index (χ2n) is 5.11. The van der Waals surface area contributed by atoms with E-state index in [1.165, 1.54) is 31.4 Å². The molecule has 0 aliphatic carbocycles. The summed E-state index contributed by atoms with van der Waals surface area (Å²) in [6, 6.07) is 5.97. The number of hydrogen-bond donors (Lipinski definition) is 1. The highest BCUT2D eigenvalue weighted by atomic mass is 16.6. The van der Waals surface area contributed by atoms with Crippen molar-refractivity contribution in [3.63, 3.8) is 0 Å². The monoisotopic (exact) mass is 355 g/mol. The average molecular weight is 355 g/mol. The van der Waals surface area contributed by atoms with Gasteiger partial charge < -0.3 is 19.4 Å². The van der Waals surface area contributed by atoms with E-state index in [0.717, 1.165) is 0 Å². The highest BCUT2D eigenvalue weighted by Gasteiger charge is 2.20. The van der Waals surface area contributed by atoms with Crippen LogP contribution in [0.5, 0.6) is 0 Å². The SMILES string of the molecule is COC(=O)c1ccc2oc(=O)c(-c3nc(-c4nonc4N)no3)cc2c1. The van der Waals surface area contributed by atoms with E-state index < -0.39 is 11.6 Å². The minimum absolute atomic E-state index is 0.00144. The van der Waals surface area contributed by atoms with Crippen LogP contribution in [0.4, 0.5) is 5.82 Å². The number of methoxy groups -OCH3 is 1. The summed E-state index contributed by atoms with van der Waals surface area (Å²) in [7, 11) is 1.27. The van der Waals surface area contributed by atoms with Gasteiger partial charge in [-0.1, -0.05) is 5.16 Å². The van der Waals surface area contributed by atoms with Crippen molar-refractivity contribution in [3.8, 4) is 23.0 Å². The maximum Gasteiger partial charge on any atom is 0.349 e. The van der Waals surface area contributed by atoms with Crippen molar-refractivity contribution in [1.82, 2.24) is 20.5 Å². The molecule has 3 heterocycles. The number of anilines is 1. The number of esters is 1. The van der Waals surface area contributed by atoms with Crippen molar-refractivity contribution < 1.29 is 23.1 Å². The van der Waals surface area contributed by atoms with Gasteiger partial charge in [0.15, 0.2) is 11.5 Å². The summed E-state index contributed by atoms with van der Waals surface area (Å²) in [4.78, 5) is 27.9. The fraction of sp³-hybridized carbons (Fsp3) is 0.0667. The number of rotatable bonds is 3. The number of carbonyl (C=O) groups excluding carboxylic acids is 1. The van der Waals surface area contributed by atoms with Crippen LogP contribution in [0.3, 0.4) is 0 Å². The third-order valence-corrected chi connectivity index (χ3v) is 3.54. The molecule has 0 atom stereocenters. The van der Waals surface area contributed by atoms with Crippen LogP contribution in [0.1, 0.15) is 10.4 Å². The van der Waals surface area contributed by atoms with Crippen LogP contribution in [0.2, 0.25) is 0 Å². The van der Waals surface area contributed by atoms with Crippen molar-refractivity contribution in [3.05, 3.63) is 40.2 Å². The van der Waals surface area contributed by atoms with Crippen LogP contribution in [-0.2, 0) is 4.74 Å². The van der Waals surface area contributed by atoms with Crippen LogP contribution >= 0.6 is 0 Å². The van der Waals surface area contributed by atoms with Crippen LogP contribution in [0.25, 0.3) is 33.9 Å². The number of ether oxygens (including phenoxy) is 1. The molecule has 0 fully saturated rings. The zero-order chi connectivity index (χ0) is 18.3. The first kappa shape index (κ1) is 15.5. The lowest BCUT2D eigenvalue weighted by Crippen LogP contribution is -2.04. The van der Waals surface area contributed by atoms with Gasteiger partial charge in [0.2, 0.25) is 5.82 Å². The maximum absolute atomic E-state index is 12.2. The first-order valence-electron chi connectivity index (χ1n) is 7.15. The lowest BCUT2D eigenvalue weighted by molar-refractivity contribution is 0.0601. The Hall–Kier alpha value is -4.02. The number of nitrogens with zero attached hydrogens (tertiary/aromatic N) is 4. The molecule has 0 unspecified atom stereocenters. The molecule has 2 N–H and O–H groups in total. The van der Waals surface area contributed by atoms with E-state index in [-0.39, 0.29) is 34.4 Å². The number of aromatic nitrogens is 4. The largest absolute Gasteiger partial charge is 0.465 e. The van der Waals surface area contributed by atoms with E-state index in [9.17, 15) is 9.59 Å². The number of carbonyl (C=O) groups is 1. The predicted octanol–water partition coefficient (Wildman–Crippen LogP) is 1.26. The topological polar surface area (TPSA) is 160 Å². The molecule has 4 rings (SSSR count). The van der Waals surface area contributed by atoms with E-state index in [1.54, 1.807) is 0 Å². The molecule has 11 nitrogen and oxygen atoms in total. The molecule has 0 amide bonds. The van der Waals surface area contributed by atoms with Gasteiger partial charge in [-0.25, -0.2) is 14.2 Å². The van der Waals surface area contributed by atoms with E-state index in [0.29, 0.717) is 10.9 Å². The highest BCUT2D eigenvalue weighted by molar-refractivity contribution is 5.94. The molecule has 1 aromatic carbocycles. The van der Waals surface area contributed by atoms with E-state index >= 15 is 0 Å². The second kappa shape index (κ2) is 5.81. The lowest BCUT2D eigenvalue weighted by Gasteiger charge is -2.02. The van der Waals surface area contributed by atoms with Crippen molar-refractivity contribution in [1.29, 1.82) is 0 Å². The fourth-order valence-corrected chi connectivity index (χ4v) is 2.30. The molecule has 26 heavy (non-hydrogen) atoms. The Kier molecular flexibility index (Phi) is 3.46. The Morgan fingerprint density at radius 3 is 2.77 bits per heavy atom. The number of benzene rings is 1. The van der Waals surface area contributed by atoms with E-state index in [4.69, 9.17) is 14.7 Å². The van der Waals surface area contributed by atoms with Gasteiger partial charge in [0, 0.05) is 5.39 Å². The van der Waals surface area contributed by atoms with E-state index in [2.05, 4.69) is 29.8 Å². The second-order valence-corrected chi connectivity index (χ2v) is 5.11. The summed E-state index contributed by atoms with van der Waals surface area (Å²) in [5.74, 6) is -0.651. The number of nitrogens with two attached hydrogens (primary N) is 1. The predicted molar refractivity (Wildman–Crippen MR) is 84.8 cm³/mol. The summed E-state index contributed by atoms with van der Waals surface area (Å²) in [6.07, 6.45) is 0. The summed E-state index contributed by atoms with van der Waals surface area (Å²) in [5, 5.41) is 11.1. The molecule has 3 aromatic heterocycles. The summed E-state index contributed by atoms with van der Waals surface area (Å²) in [5.41, 5.74) is 5.56. The minimum atomic E-state index is -0.690. The van der Waals surface area contributed by atoms with Crippen molar-refractivity contribution in [2.75, 3.05) is 12.8 Å². The molecule has 0 aliphatic rings. The van der Waals surface area contributed by atoms with Gasteiger partial charge in [0.25, 0.3) is 5.89 Å². The van der Waals surface area contributed by atoms with Gasteiger partial charge in [-0.2, -0.15) is 4.98 Å². The molecule has 0 bridgehead atoms. The summed E-state index contributed by atoms with van der Waals surface area (Å²) < 4.78 is 19.5. The Balaban J connectivity index is 1.82. The molecule has 11 heteroatoms. The maximum atomic E-state index is 12.2. The Bertz CT molecular complexity index is 1190. The smallest absolute Gasteiger partial charge is 0.349 e. The third-order valence-electron chi connectivity index (χ3n) is 3.54. The summed E-state index contributed by atoms with van der Waals surface area (Å²) >= 11 is 0. The highest BCUT2D eigenvalue weighted by Crippen LogP contribution is 2.24. The van der Waals surface area contributed by atoms with Gasteiger partial charge in [-0.15, -0.1) is 0 Å². The van der Waals surface area contributed by atoms with Crippen LogP contribution in [0, 0.1) is 0 Å². The molecule has 0 aliphatic heterocycles. The molecule has 0 radical (unpaired) electrons. The fourth-order valence-electron chi connectivity index (χ4n) is 2.30. The quantitative estimate of drug-likeness (QED) is 0.416. The van der Waals surface area contributed by atoms with Crippen LogP contribution in [-0.4, -0.2) is 33.5 Å². The molecule has 0 saturated carbocycles. The first-order valence-corrected chi connectivity index (χ1v) is 7.15. The van der Waals surface area contributed by atoms with Crippen LogP contribution in [0.15, 0.2) is 42.6 Å². The third kappa shape index (κ3) is 2.47. The molecular weight excluding hydrogens is 346 g/mol. The standard InChI is InChI=1S/C15H9N5O6/c1-23-14(21)6-2-3-9-7(4-6)5-8(15(22)24-9)13-17-12(20-25-13)10-11(16)19-26-18-10/h2-5H,1H3,(H2,16,19). The van der Waals surface area contributed by atoms with E-state index in [1.807, 2.05) is 0 Å². The van der Waals surface area contributed by atoms with Crippen molar-refractivity contribution in [2.24, 2.45) is 0 Å². The zero-order valence-corrected chi connectivity index (χ0v) is 13.1. The molecule has 0 saturated heterocycles. The van der Waals surface area contributed by atoms with Gasteiger partial charge >= 0.3 is 11.6 Å². The molecule has 4 aromatic rings. The van der Waals surface area contributed by atoms with Gasteiger partial charge in [0.1, 0.15) is 11.1 Å². The Morgan fingerprint density at radius 1 is 1.19 bits per heavy atom. The van der Waals surface area contributed by atoms with Gasteiger partial charge in [-0.3, -0.25) is 0 Å². The molecular formula is C15H9N5O6.